The smallest absolute Gasteiger partial charge is 0.309 e. The molecule has 26 heavy (non-hydrogen) atoms. The van der Waals surface area contributed by atoms with Gasteiger partial charge in [0.05, 0.1) is 5.92 Å². The largest absolute Gasteiger partial charge is 0.459 e. The van der Waals surface area contributed by atoms with Crippen molar-refractivity contribution in [3.8, 4) is 0 Å². The Morgan fingerprint density at radius 3 is 2.12 bits per heavy atom. The van der Waals surface area contributed by atoms with E-state index in [4.69, 9.17) is 4.74 Å². The van der Waals surface area contributed by atoms with Crippen LogP contribution in [0.15, 0.2) is 0 Å². The Bertz CT molecular complexity index is 625. The van der Waals surface area contributed by atoms with Crippen molar-refractivity contribution >= 4 is 5.97 Å². The molecule has 8 rings (SSSR count). The molecular weight excluding hydrogens is 320 g/mol. The standard InChI is InChI=1S/C24H34O2/c1-24(17-5-12-4-13(7-17)8-18(24)6-12)26-23(25)20-11-16-10-19(20)22-15-3-2-14(9-15)21(16)22/h12-22H,2-11H2,1H3. The Morgan fingerprint density at radius 2 is 1.42 bits per heavy atom. The van der Waals surface area contributed by atoms with Gasteiger partial charge in [-0.1, -0.05) is 0 Å². The van der Waals surface area contributed by atoms with Crippen molar-refractivity contribution in [2.75, 3.05) is 0 Å². The molecule has 0 aromatic rings. The molecular formula is C24H34O2. The van der Waals surface area contributed by atoms with E-state index in [-0.39, 0.29) is 17.5 Å². The van der Waals surface area contributed by atoms with Crippen molar-refractivity contribution in [2.24, 2.45) is 65.1 Å². The van der Waals surface area contributed by atoms with Gasteiger partial charge in [0, 0.05) is 0 Å². The summed E-state index contributed by atoms with van der Waals surface area (Å²) in [6.45, 7) is 2.32. The summed E-state index contributed by atoms with van der Waals surface area (Å²) in [7, 11) is 0. The minimum absolute atomic E-state index is 0.125. The van der Waals surface area contributed by atoms with Crippen LogP contribution in [0.25, 0.3) is 0 Å². The zero-order valence-corrected chi connectivity index (χ0v) is 16.2. The highest BCUT2D eigenvalue weighted by Gasteiger charge is 2.64. The normalized spacial score (nSPS) is 63.5. The topological polar surface area (TPSA) is 26.3 Å². The molecule has 0 heterocycles. The van der Waals surface area contributed by atoms with E-state index in [0.29, 0.717) is 17.8 Å². The molecule has 0 radical (unpaired) electrons. The van der Waals surface area contributed by atoms with Gasteiger partial charge >= 0.3 is 5.97 Å². The van der Waals surface area contributed by atoms with Crippen LogP contribution in [-0.4, -0.2) is 11.6 Å². The number of hydrogen-bond donors (Lipinski definition) is 0. The maximum Gasteiger partial charge on any atom is 0.309 e. The molecule has 0 spiro atoms. The SMILES string of the molecule is CC1(OC(=O)C2CC3CC2C2C4CCC(C4)C32)C2CC3CC(C2)CC1C3. The van der Waals surface area contributed by atoms with Gasteiger partial charge in [-0.2, -0.15) is 0 Å². The number of carbonyl (C=O) groups is 1. The molecule has 8 fully saturated rings. The first kappa shape index (κ1) is 15.4. The summed E-state index contributed by atoms with van der Waals surface area (Å²) in [6, 6.07) is 0. The number of rotatable bonds is 2. The van der Waals surface area contributed by atoms with Gasteiger partial charge in [-0.05, 0) is 130 Å². The van der Waals surface area contributed by atoms with E-state index in [1.807, 2.05) is 0 Å². The minimum atomic E-state index is -0.125. The second-order valence-electron chi connectivity index (χ2n) is 11.9. The van der Waals surface area contributed by atoms with Gasteiger partial charge in [0.2, 0.25) is 0 Å². The summed E-state index contributed by atoms with van der Waals surface area (Å²) in [5.41, 5.74) is -0.125. The van der Waals surface area contributed by atoms with E-state index in [9.17, 15) is 4.79 Å². The molecule has 0 amide bonds. The van der Waals surface area contributed by atoms with Crippen LogP contribution in [0.5, 0.6) is 0 Å². The van der Waals surface area contributed by atoms with Crippen LogP contribution in [0.1, 0.15) is 71.1 Å². The number of carbonyl (C=O) groups excluding carboxylic acids is 1. The van der Waals surface area contributed by atoms with Crippen LogP contribution >= 0.6 is 0 Å². The monoisotopic (exact) mass is 354 g/mol. The summed E-state index contributed by atoms with van der Waals surface area (Å²) in [5, 5.41) is 0. The van der Waals surface area contributed by atoms with Crippen LogP contribution in [0, 0.1) is 65.1 Å². The molecule has 8 saturated carbocycles. The lowest BCUT2D eigenvalue weighted by Gasteiger charge is -2.59. The van der Waals surface area contributed by atoms with Crippen LogP contribution in [0.2, 0.25) is 0 Å². The van der Waals surface area contributed by atoms with Gasteiger partial charge in [-0.3, -0.25) is 4.79 Å². The van der Waals surface area contributed by atoms with Gasteiger partial charge in [0.15, 0.2) is 0 Å². The van der Waals surface area contributed by atoms with Crippen LogP contribution in [-0.2, 0) is 9.53 Å². The predicted octanol–water partition coefficient (Wildman–Crippen LogP) is 5.06. The molecule has 7 atom stereocenters. The molecule has 0 aromatic heterocycles. The van der Waals surface area contributed by atoms with Crippen molar-refractivity contribution in [2.45, 2.75) is 76.7 Å². The Hall–Kier alpha value is -0.530. The van der Waals surface area contributed by atoms with E-state index in [1.165, 1.54) is 64.2 Å². The number of esters is 1. The zero-order chi connectivity index (χ0) is 17.2. The Labute approximate surface area is 157 Å². The van der Waals surface area contributed by atoms with E-state index in [0.717, 1.165) is 41.4 Å². The quantitative estimate of drug-likeness (QED) is 0.511. The molecule has 2 heteroatoms. The zero-order valence-electron chi connectivity index (χ0n) is 16.2. The summed E-state index contributed by atoms with van der Waals surface area (Å²) < 4.78 is 6.54. The van der Waals surface area contributed by atoms with Gasteiger partial charge in [-0.15, -0.1) is 0 Å². The molecule has 0 N–H and O–H groups in total. The average Bonchev–Trinajstić information content (AvgIpc) is 3.37. The molecule has 7 unspecified atom stereocenters. The van der Waals surface area contributed by atoms with Gasteiger partial charge in [0.25, 0.3) is 0 Å². The van der Waals surface area contributed by atoms with Crippen molar-refractivity contribution < 1.29 is 9.53 Å². The molecule has 8 aliphatic carbocycles. The lowest BCUT2D eigenvalue weighted by molar-refractivity contribution is -0.209. The summed E-state index contributed by atoms with van der Waals surface area (Å²) in [6.07, 6.45) is 13.8. The Morgan fingerprint density at radius 1 is 0.769 bits per heavy atom. The summed E-state index contributed by atoms with van der Waals surface area (Å²) in [5.74, 6) is 9.15. The fourth-order valence-corrected chi connectivity index (χ4v) is 10.4. The second-order valence-corrected chi connectivity index (χ2v) is 11.9. The molecule has 142 valence electrons. The fourth-order valence-electron chi connectivity index (χ4n) is 10.4. The van der Waals surface area contributed by atoms with Gasteiger partial charge in [0.1, 0.15) is 5.60 Å². The third-order valence-electron chi connectivity index (χ3n) is 11.1. The first-order valence-corrected chi connectivity index (χ1v) is 11.8. The van der Waals surface area contributed by atoms with Crippen molar-refractivity contribution in [3.63, 3.8) is 0 Å². The number of hydrogen-bond acceptors (Lipinski definition) is 2. The third kappa shape index (κ3) is 1.79. The molecule has 8 aliphatic rings. The van der Waals surface area contributed by atoms with Crippen molar-refractivity contribution in [1.29, 1.82) is 0 Å². The van der Waals surface area contributed by atoms with Gasteiger partial charge < -0.3 is 4.74 Å². The highest BCUT2D eigenvalue weighted by atomic mass is 16.6. The van der Waals surface area contributed by atoms with Gasteiger partial charge in [-0.25, -0.2) is 0 Å². The van der Waals surface area contributed by atoms with E-state index in [1.54, 1.807) is 0 Å². The number of ether oxygens (including phenoxy) is 1. The summed E-state index contributed by atoms with van der Waals surface area (Å²) in [4.78, 5) is 13.4. The number of fused-ring (bicyclic) bond motifs is 9. The highest BCUT2D eigenvalue weighted by molar-refractivity contribution is 5.74. The lowest BCUT2D eigenvalue weighted by Crippen LogP contribution is -2.58. The first-order valence-electron chi connectivity index (χ1n) is 11.8. The predicted molar refractivity (Wildman–Crippen MR) is 99.1 cm³/mol. The van der Waals surface area contributed by atoms with E-state index < -0.39 is 0 Å². The highest BCUT2D eigenvalue weighted by Crippen LogP contribution is 2.69. The first-order chi connectivity index (χ1) is 12.6. The van der Waals surface area contributed by atoms with E-state index in [2.05, 4.69) is 6.92 Å². The molecule has 0 aromatic carbocycles. The van der Waals surface area contributed by atoms with Crippen LogP contribution in [0.3, 0.4) is 0 Å². The molecule has 8 bridgehead atoms. The Balaban J connectivity index is 1.12. The molecule has 0 saturated heterocycles. The molecule has 2 nitrogen and oxygen atoms in total. The van der Waals surface area contributed by atoms with Crippen molar-refractivity contribution in [3.05, 3.63) is 0 Å². The van der Waals surface area contributed by atoms with Crippen LogP contribution in [0.4, 0.5) is 0 Å². The second kappa shape index (κ2) is 4.90. The molecule has 0 aliphatic heterocycles. The maximum atomic E-state index is 13.4. The minimum Gasteiger partial charge on any atom is -0.459 e. The maximum absolute atomic E-state index is 13.4. The third-order valence-corrected chi connectivity index (χ3v) is 11.1. The van der Waals surface area contributed by atoms with Crippen molar-refractivity contribution in [1.82, 2.24) is 0 Å². The van der Waals surface area contributed by atoms with Crippen LogP contribution < -0.4 is 0 Å². The van der Waals surface area contributed by atoms with E-state index >= 15 is 0 Å². The fraction of sp³-hybridized carbons (Fsp3) is 0.958. The lowest BCUT2D eigenvalue weighted by atomic mass is 9.50. The summed E-state index contributed by atoms with van der Waals surface area (Å²) >= 11 is 0. The average molecular weight is 355 g/mol. The Kier molecular flexibility index (Phi) is 2.90.